The van der Waals surface area contributed by atoms with Crippen molar-refractivity contribution in [3.05, 3.63) is 102 Å². The van der Waals surface area contributed by atoms with Crippen LogP contribution in [0, 0.1) is 0 Å². The Balaban J connectivity index is 1.59. The summed E-state index contributed by atoms with van der Waals surface area (Å²) in [4.78, 5) is 36.9. The summed E-state index contributed by atoms with van der Waals surface area (Å²) < 4.78 is 42.5. The lowest BCUT2D eigenvalue weighted by Crippen LogP contribution is -2.20. The van der Waals surface area contributed by atoms with Gasteiger partial charge in [0.25, 0.3) is 11.8 Å². The largest absolute Gasteiger partial charge is 0.573 e. The van der Waals surface area contributed by atoms with E-state index in [1.165, 1.54) is 0 Å². The molecule has 0 fully saturated rings. The summed E-state index contributed by atoms with van der Waals surface area (Å²) in [5, 5.41) is 15.8. The average Bonchev–Trinajstić information content (AvgIpc) is 2.88. The van der Waals surface area contributed by atoms with E-state index < -0.39 is 29.9 Å². The van der Waals surface area contributed by atoms with Gasteiger partial charge in [0.2, 0.25) is 0 Å². The topological polar surface area (TPSA) is 105 Å². The molecule has 0 aliphatic rings. The summed E-state index contributed by atoms with van der Waals surface area (Å²) in [5.41, 5.74) is 1.15. The second-order valence-corrected chi connectivity index (χ2v) is 8.67. The lowest BCUT2D eigenvalue weighted by molar-refractivity contribution is -0.274. The molecule has 0 aliphatic carbocycles. The lowest BCUT2D eigenvalue weighted by atomic mass is 10.1. The van der Waals surface area contributed by atoms with E-state index in [0.29, 0.717) is 24.1 Å². The van der Waals surface area contributed by atoms with E-state index in [1.54, 1.807) is 42.5 Å². The molecule has 0 saturated heterocycles. The number of alkyl halides is 3. The molecule has 7 nitrogen and oxygen atoms in total. The summed E-state index contributed by atoms with van der Waals surface area (Å²) in [5.74, 6) is -2.88. The third-order valence-electron chi connectivity index (χ3n) is 5.77. The van der Waals surface area contributed by atoms with Gasteiger partial charge in [-0.1, -0.05) is 42.5 Å². The molecule has 0 radical (unpaired) electrons. The van der Waals surface area contributed by atoms with Crippen molar-refractivity contribution in [1.29, 1.82) is 0 Å². The lowest BCUT2D eigenvalue weighted by Gasteiger charge is -2.15. The molecular weight excluding hydrogens is 513 g/mol. The van der Waals surface area contributed by atoms with Gasteiger partial charge < -0.3 is 20.5 Å². The fourth-order valence-corrected chi connectivity index (χ4v) is 3.99. The van der Waals surface area contributed by atoms with Crippen molar-refractivity contribution in [2.24, 2.45) is 0 Å². The number of aliphatic carboxylic acids is 1. The van der Waals surface area contributed by atoms with Crippen molar-refractivity contribution in [3.8, 4) is 5.75 Å². The number of ether oxygens (including phenoxy) is 1. The number of carbonyl (C=O) groups is 3. The highest BCUT2D eigenvalue weighted by atomic mass is 19.4. The van der Waals surface area contributed by atoms with Gasteiger partial charge in [-0.05, 0) is 71.6 Å². The molecule has 200 valence electrons. The van der Waals surface area contributed by atoms with Crippen LogP contribution >= 0.6 is 0 Å². The number of benzene rings is 4. The third kappa shape index (κ3) is 7.57. The first-order valence-corrected chi connectivity index (χ1v) is 11.9. The average molecular weight is 537 g/mol. The van der Waals surface area contributed by atoms with E-state index >= 15 is 0 Å². The number of nitrogens with one attached hydrogen (secondary N) is 2. The number of fused-ring (bicyclic) bond motifs is 1. The maximum atomic E-state index is 13.2. The Bertz CT molecular complexity index is 1540. The van der Waals surface area contributed by atoms with Crippen molar-refractivity contribution < 1.29 is 37.4 Å². The van der Waals surface area contributed by atoms with E-state index in [2.05, 4.69) is 15.4 Å². The Morgan fingerprint density at radius 1 is 0.795 bits per heavy atom. The van der Waals surface area contributed by atoms with Gasteiger partial charge in [-0.15, -0.1) is 13.2 Å². The number of hydrogen-bond donors (Lipinski definition) is 3. The van der Waals surface area contributed by atoms with Crippen molar-refractivity contribution >= 4 is 39.9 Å². The van der Waals surface area contributed by atoms with Gasteiger partial charge in [-0.2, -0.15) is 0 Å². The van der Waals surface area contributed by atoms with Crippen LogP contribution in [-0.2, 0) is 11.2 Å². The van der Waals surface area contributed by atoms with Crippen LogP contribution in [0.15, 0.2) is 84.9 Å². The SMILES string of the molecule is O=C(O)CCCc1cccc(NC(=O)c2cc(OC(F)(F)F)ccc2NC(=O)c2ccc3ccccc3c2)c1. The summed E-state index contributed by atoms with van der Waals surface area (Å²) >= 11 is 0. The fourth-order valence-electron chi connectivity index (χ4n) is 3.99. The highest BCUT2D eigenvalue weighted by molar-refractivity contribution is 6.13. The van der Waals surface area contributed by atoms with E-state index in [-0.39, 0.29) is 17.7 Å². The number of carboxylic acid groups (broad SMARTS) is 1. The summed E-state index contributed by atoms with van der Waals surface area (Å²) in [7, 11) is 0. The third-order valence-corrected chi connectivity index (χ3v) is 5.77. The zero-order valence-electron chi connectivity index (χ0n) is 20.4. The molecule has 0 bridgehead atoms. The predicted molar refractivity (Wildman–Crippen MR) is 140 cm³/mol. The minimum absolute atomic E-state index is 0.0111. The quantitative estimate of drug-likeness (QED) is 0.222. The highest BCUT2D eigenvalue weighted by Crippen LogP contribution is 2.29. The number of amides is 2. The minimum Gasteiger partial charge on any atom is -0.481 e. The smallest absolute Gasteiger partial charge is 0.481 e. The summed E-state index contributed by atoms with van der Waals surface area (Å²) in [6, 6.07) is 22.2. The van der Waals surface area contributed by atoms with Crippen molar-refractivity contribution in [2.75, 3.05) is 10.6 Å². The van der Waals surface area contributed by atoms with Crippen molar-refractivity contribution in [1.82, 2.24) is 0 Å². The van der Waals surface area contributed by atoms with E-state index in [4.69, 9.17) is 5.11 Å². The molecule has 0 saturated carbocycles. The minimum atomic E-state index is -4.98. The second-order valence-electron chi connectivity index (χ2n) is 8.67. The first-order valence-electron chi connectivity index (χ1n) is 11.9. The van der Waals surface area contributed by atoms with E-state index in [0.717, 1.165) is 34.5 Å². The normalized spacial score (nSPS) is 11.2. The van der Waals surface area contributed by atoms with Crippen LogP contribution in [0.25, 0.3) is 10.8 Å². The van der Waals surface area contributed by atoms with Gasteiger partial charge in [-0.3, -0.25) is 14.4 Å². The first kappa shape index (κ1) is 27.2. The Morgan fingerprint density at radius 2 is 1.56 bits per heavy atom. The number of carbonyl (C=O) groups excluding carboxylic acids is 2. The predicted octanol–water partition coefficient (Wildman–Crippen LogP) is 6.65. The molecule has 0 unspecified atom stereocenters. The molecule has 0 aliphatic heterocycles. The number of aryl methyl sites for hydroxylation is 1. The van der Waals surface area contributed by atoms with Gasteiger partial charge in [0.15, 0.2) is 0 Å². The molecule has 0 atom stereocenters. The van der Waals surface area contributed by atoms with Gasteiger partial charge in [0.05, 0.1) is 11.3 Å². The Morgan fingerprint density at radius 3 is 2.31 bits per heavy atom. The van der Waals surface area contributed by atoms with E-state index in [1.807, 2.05) is 24.3 Å². The number of hydrogen-bond acceptors (Lipinski definition) is 4. The number of rotatable bonds is 9. The van der Waals surface area contributed by atoms with Gasteiger partial charge in [0, 0.05) is 17.7 Å². The van der Waals surface area contributed by atoms with Gasteiger partial charge in [-0.25, -0.2) is 0 Å². The molecule has 4 aromatic rings. The van der Waals surface area contributed by atoms with Crippen molar-refractivity contribution in [2.45, 2.75) is 25.6 Å². The number of halogens is 3. The number of carboxylic acids is 1. The molecular formula is C29H23F3N2O5. The maximum absolute atomic E-state index is 13.2. The van der Waals surface area contributed by atoms with Crippen LogP contribution < -0.4 is 15.4 Å². The van der Waals surface area contributed by atoms with Crippen LogP contribution in [0.3, 0.4) is 0 Å². The number of anilines is 2. The molecule has 0 heterocycles. The molecule has 2 amide bonds. The van der Waals surface area contributed by atoms with Gasteiger partial charge >= 0.3 is 12.3 Å². The van der Waals surface area contributed by atoms with Crippen LogP contribution in [0.5, 0.6) is 5.75 Å². The maximum Gasteiger partial charge on any atom is 0.573 e. The molecule has 3 N–H and O–H groups in total. The first-order chi connectivity index (χ1) is 18.6. The molecule has 39 heavy (non-hydrogen) atoms. The van der Waals surface area contributed by atoms with Crippen molar-refractivity contribution in [3.63, 3.8) is 0 Å². The molecule has 4 aromatic carbocycles. The summed E-state index contributed by atoms with van der Waals surface area (Å²) in [6.07, 6.45) is -4.14. The van der Waals surface area contributed by atoms with Crippen LogP contribution in [0.2, 0.25) is 0 Å². The van der Waals surface area contributed by atoms with Crippen LogP contribution in [-0.4, -0.2) is 29.3 Å². The van der Waals surface area contributed by atoms with Crippen LogP contribution in [0.1, 0.15) is 39.1 Å². The zero-order chi connectivity index (χ0) is 28.0. The fraction of sp³-hybridized carbons (Fsp3) is 0.138. The summed E-state index contributed by atoms with van der Waals surface area (Å²) in [6.45, 7) is 0. The second kappa shape index (κ2) is 11.7. The molecule has 0 spiro atoms. The highest BCUT2D eigenvalue weighted by Gasteiger charge is 2.31. The zero-order valence-corrected chi connectivity index (χ0v) is 20.4. The Hall–Kier alpha value is -4.86. The standard InChI is InChI=1S/C29H23F3N2O5/c30-29(31,32)39-23-13-14-25(34-27(37)21-12-11-19-7-1-2-8-20(19)16-21)24(17-23)28(38)33-22-9-3-5-18(15-22)6-4-10-26(35)36/h1-3,5,7-9,11-17H,4,6,10H2,(H,33,38)(H,34,37)(H,35,36). The monoisotopic (exact) mass is 536 g/mol. The Kier molecular flexibility index (Phi) is 8.14. The van der Waals surface area contributed by atoms with Crippen LogP contribution in [0.4, 0.5) is 24.5 Å². The van der Waals surface area contributed by atoms with Gasteiger partial charge in [0.1, 0.15) is 5.75 Å². The molecule has 0 aromatic heterocycles. The van der Waals surface area contributed by atoms with E-state index in [9.17, 15) is 27.6 Å². The Labute approximate surface area is 221 Å². The molecule has 10 heteroatoms. The molecule has 4 rings (SSSR count).